The van der Waals surface area contributed by atoms with Gasteiger partial charge in [-0.1, -0.05) is 0 Å². The van der Waals surface area contributed by atoms with Crippen molar-refractivity contribution >= 4 is 24.3 Å². The van der Waals surface area contributed by atoms with Gasteiger partial charge in [0.05, 0.1) is 6.61 Å². The molecule has 0 heterocycles. The number of carbonyl (C=O) groups is 2. The van der Waals surface area contributed by atoms with Crippen LogP contribution in [-0.2, 0) is 14.3 Å². The van der Waals surface area contributed by atoms with Crippen LogP contribution in [0, 0.1) is 5.92 Å². The lowest BCUT2D eigenvalue weighted by Gasteiger charge is -2.24. The highest BCUT2D eigenvalue weighted by atomic mass is 35.5. The standard InChI is InChI=1S/C13H22N2O3.ClH/c1-2-18-12(16)8-15(11-5-6-11)13(17)9-3-4-10(14)7-9;/h9-11H,2-8,14H2,1H3;1H. The van der Waals surface area contributed by atoms with Crippen LogP contribution >= 0.6 is 12.4 Å². The summed E-state index contributed by atoms with van der Waals surface area (Å²) in [6.07, 6.45) is 4.53. The summed E-state index contributed by atoms with van der Waals surface area (Å²) in [6, 6.07) is 0.390. The molecule has 0 aromatic heterocycles. The molecule has 0 aromatic rings. The number of amides is 1. The van der Waals surface area contributed by atoms with Crippen LogP contribution in [-0.4, -0.2) is 42.0 Å². The van der Waals surface area contributed by atoms with Gasteiger partial charge in [-0.05, 0) is 39.0 Å². The Labute approximate surface area is 120 Å². The smallest absolute Gasteiger partial charge is 0.325 e. The zero-order valence-corrected chi connectivity index (χ0v) is 12.2. The molecular formula is C13H23ClN2O3. The third-order valence-corrected chi connectivity index (χ3v) is 3.70. The molecule has 19 heavy (non-hydrogen) atoms. The van der Waals surface area contributed by atoms with Crippen LogP contribution in [0.1, 0.15) is 39.0 Å². The van der Waals surface area contributed by atoms with Gasteiger partial charge in [0, 0.05) is 18.0 Å². The molecule has 0 aromatic carbocycles. The second kappa shape index (κ2) is 7.10. The van der Waals surface area contributed by atoms with Crippen LogP contribution in [0.2, 0.25) is 0 Å². The first kappa shape index (κ1) is 16.2. The number of hydrogen-bond acceptors (Lipinski definition) is 4. The van der Waals surface area contributed by atoms with Crippen LogP contribution in [0.4, 0.5) is 0 Å². The Morgan fingerprint density at radius 1 is 1.26 bits per heavy atom. The van der Waals surface area contributed by atoms with E-state index in [1.165, 1.54) is 0 Å². The maximum atomic E-state index is 12.4. The lowest BCUT2D eigenvalue weighted by Crippen LogP contribution is -2.41. The molecular weight excluding hydrogens is 268 g/mol. The summed E-state index contributed by atoms with van der Waals surface area (Å²) >= 11 is 0. The lowest BCUT2D eigenvalue weighted by molar-refractivity contribution is -0.150. The second-order valence-corrected chi connectivity index (χ2v) is 5.27. The largest absolute Gasteiger partial charge is 0.465 e. The maximum absolute atomic E-state index is 12.4. The zero-order valence-electron chi connectivity index (χ0n) is 11.3. The molecule has 0 bridgehead atoms. The molecule has 2 saturated carbocycles. The van der Waals surface area contributed by atoms with E-state index in [2.05, 4.69) is 0 Å². The number of ether oxygens (including phenoxy) is 1. The fourth-order valence-electron chi connectivity index (χ4n) is 2.59. The van der Waals surface area contributed by atoms with Crippen molar-refractivity contribution in [3.8, 4) is 0 Å². The van der Waals surface area contributed by atoms with Gasteiger partial charge in [-0.15, -0.1) is 12.4 Å². The molecule has 0 spiro atoms. The minimum absolute atomic E-state index is 0. The molecule has 2 aliphatic carbocycles. The summed E-state index contributed by atoms with van der Waals surface area (Å²) in [5.74, 6) is -0.200. The van der Waals surface area contributed by atoms with E-state index in [-0.39, 0.29) is 48.8 Å². The Hall–Kier alpha value is -0.810. The number of esters is 1. The van der Waals surface area contributed by atoms with Gasteiger partial charge in [0.2, 0.25) is 5.91 Å². The van der Waals surface area contributed by atoms with Gasteiger partial charge in [0.1, 0.15) is 6.54 Å². The molecule has 2 aliphatic rings. The third-order valence-electron chi connectivity index (χ3n) is 3.70. The number of nitrogens with two attached hydrogens (primary N) is 1. The van der Waals surface area contributed by atoms with Crippen molar-refractivity contribution in [2.45, 2.75) is 51.1 Å². The van der Waals surface area contributed by atoms with E-state index in [1.54, 1.807) is 11.8 Å². The highest BCUT2D eigenvalue weighted by Crippen LogP contribution is 2.32. The normalized spacial score (nSPS) is 25.6. The molecule has 0 radical (unpaired) electrons. The summed E-state index contributed by atoms with van der Waals surface area (Å²) < 4.78 is 4.93. The Balaban J connectivity index is 0.00000180. The van der Waals surface area contributed by atoms with Crippen LogP contribution < -0.4 is 5.73 Å². The highest BCUT2D eigenvalue weighted by molar-refractivity contribution is 5.85. The maximum Gasteiger partial charge on any atom is 0.325 e. The average molecular weight is 291 g/mol. The SMILES string of the molecule is CCOC(=O)CN(C(=O)C1CCC(N)C1)C1CC1.Cl. The summed E-state index contributed by atoms with van der Waals surface area (Å²) in [6.45, 7) is 2.24. The first-order valence-corrected chi connectivity index (χ1v) is 6.83. The van der Waals surface area contributed by atoms with Crippen molar-refractivity contribution < 1.29 is 14.3 Å². The van der Waals surface area contributed by atoms with E-state index in [4.69, 9.17) is 10.5 Å². The Kier molecular flexibility index (Phi) is 6.07. The molecule has 2 N–H and O–H groups in total. The summed E-state index contributed by atoms with van der Waals surface area (Å²) in [5.41, 5.74) is 5.84. The molecule has 0 saturated heterocycles. The molecule has 110 valence electrons. The number of hydrogen-bond donors (Lipinski definition) is 1. The van der Waals surface area contributed by atoms with Crippen molar-refractivity contribution in [2.24, 2.45) is 11.7 Å². The van der Waals surface area contributed by atoms with Crippen LogP contribution in [0.25, 0.3) is 0 Å². The predicted octanol–water partition coefficient (Wildman–Crippen LogP) is 1.09. The summed E-state index contributed by atoms with van der Waals surface area (Å²) in [5, 5.41) is 0. The lowest BCUT2D eigenvalue weighted by atomic mass is 10.1. The molecule has 2 fully saturated rings. The number of nitrogens with zero attached hydrogens (tertiary/aromatic N) is 1. The Morgan fingerprint density at radius 3 is 2.42 bits per heavy atom. The zero-order chi connectivity index (χ0) is 13.1. The number of rotatable bonds is 5. The van der Waals surface area contributed by atoms with Gasteiger partial charge in [-0.3, -0.25) is 9.59 Å². The topological polar surface area (TPSA) is 72.6 Å². The fraction of sp³-hybridized carbons (Fsp3) is 0.846. The monoisotopic (exact) mass is 290 g/mol. The second-order valence-electron chi connectivity index (χ2n) is 5.27. The van der Waals surface area contributed by atoms with Crippen molar-refractivity contribution in [1.82, 2.24) is 4.90 Å². The molecule has 2 atom stereocenters. The van der Waals surface area contributed by atoms with Crippen LogP contribution in [0.5, 0.6) is 0 Å². The Bertz CT molecular complexity index is 334. The first-order valence-electron chi connectivity index (χ1n) is 6.83. The summed E-state index contributed by atoms with van der Waals surface area (Å²) in [7, 11) is 0. The number of carbonyl (C=O) groups excluding carboxylic acids is 2. The van der Waals surface area contributed by atoms with Gasteiger partial charge in [0.25, 0.3) is 0 Å². The van der Waals surface area contributed by atoms with E-state index in [9.17, 15) is 9.59 Å². The van der Waals surface area contributed by atoms with Crippen LogP contribution in [0.15, 0.2) is 0 Å². The van der Waals surface area contributed by atoms with Gasteiger partial charge in [0.15, 0.2) is 0 Å². The van der Waals surface area contributed by atoms with Crippen molar-refractivity contribution in [2.75, 3.05) is 13.2 Å². The third kappa shape index (κ3) is 4.35. The van der Waals surface area contributed by atoms with Gasteiger partial charge >= 0.3 is 5.97 Å². The van der Waals surface area contributed by atoms with Gasteiger partial charge < -0.3 is 15.4 Å². The fourth-order valence-corrected chi connectivity index (χ4v) is 2.59. The van der Waals surface area contributed by atoms with Crippen molar-refractivity contribution in [1.29, 1.82) is 0 Å². The van der Waals surface area contributed by atoms with Gasteiger partial charge in [-0.25, -0.2) is 0 Å². The molecule has 2 unspecified atom stereocenters. The van der Waals surface area contributed by atoms with E-state index >= 15 is 0 Å². The molecule has 6 heteroatoms. The van der Waals surface area contributed by atoms with E-state index in [1.807, 2.05) is 0 Å². The van der Waals surface area contributed by atoms with Crippen molar-refractivity contribution in [3.63, 3.8) is 0 Å². The van der Waals surface area contributed by atoms with E-state index in [0.717, 1.165) is 32.1 Å². The van der Waals surface area contributed by atoms with E-state index < -0.39 is 0 Å². The molecule has 1 amide bonds. The summed E-state index contributed by atoms with van der Waals surface area (Å²) in [4.78, 5) is 25.6. The minimum Gasteiger partial charge on any atom is -0.465 e. The minimum atomic E-state index is -0.306. The van der Waals surface area contributed by atoms with Crippen molar-refractivity contribution in [3.05, 3.63) is 0 Å². The highest BCUT2D eigenvalue weighted by Gasteiger charge is 2.39. The van der Waals surface area contributed by atoms with Crippen LogP contribution in [0.3, 0.4) is 0 Å². The number of halogens is 1. The average Bonchev–Trinajstić information content (AvgIpc) is 3.08. The molecule has 0 aliphatic heterocycles. The van der Waals surface area contributed by atoms with Gasteiger partial charge in [-0.2, -0.15) is 0 Å². The van der Waals surface area contributed by atoms with E-state index in [0.29, 0.717) is 6.61 Å². The first-order chi connectivity index (χ1) is 8.61. The molecule has 2 rings (SSSR count). The quantitative estimate of drug-likeness (QED) is 0.769. The predicted molar refractivity (Wildman–Crippen MR) is 73.9 cm³/mol. The Morgan fingerprint density at radius 2 is 1.95 bits per heavy atom. The molecule has 5 nitrogen and oxygen atoms in total.